The normalized spacial score (nSPS) is 15.6. The molecule has 2 aromatic rings. The molecule has 2 heterocycles. The van der Waals surface area contributed by atoms with Crippen LogP contribution in [0.4, 0.5) is 13.2 Å². The van der Waals surface area contributed by atoms with Gasteiger partial charge < -0.3 is 15.2 Å². The van der Waals surface area contributed by atoms with Gasteiger partial charge in [-0.25, -0.2) is 0 Å². The van der Waals surface area contributed by atoms with Crippen LogP contribution in [0.25, 0.3) is 0 Å². The number of rotatable bonds is 4. The van der Waals surface area contributed by atoms with Gasteiger partial charge in [-0.05, 0) is 42.7 Å². The van der Waals surface area contributed by atoms with Crippen LogP contribution in [-0.4, -0.2) is 40.8 Å². The standard InChI is InChI=1S/C19H20F3N3O2/c20-19(21,22)14-5-3-13(4-6-14)12-17(26)25-10-7-15(8-11-25)24-18(27)16-2-1-9-23-16/h1-6,9,15,23H,7-8,10-12H2,(H,24,27). The lowest BCUT2D eigenvalue weighted by Gasteiger charge is -2.32. The van der Waals surface area contributed by atoms with Gasteiger partial charge in [-0.2, -0.15) is 13.2 Å². The van der Waals surface area contributed by atoms with Crippen molar-refractivity contribution < 1.29 is 22.8 Å². The molecule has 1 aliphatic rings. The van der Waals surface area contributed by atoms with E-state index >= 15 is 0 Å². The molecule has 1 aromatic heterocycles. The fraction of sp³-hybridized carbons (Fsp3) is 0.368. The smallest absolute Gasteiger partial charge is 0.357 e. The highest BCUT2D eigenvalue weighted by atomic mass is 19.4. The van der Waals surface area contributed by atoms with E-state index in [-0.39, 0.29) is 24.3 Å². The molecular formula is C19H20F3N3O2. The number of aromatic amines is 1. The lowest BCUT2D eigenvalue weighted by Crippen LogP contribution is -2.47. The highest BCUT2D eigenvalue weighted by Crippen LogP contribution is 2.29. The number of nitrogens with zero attached hydrogens (tertiary/aromatic N) is 1. The molecule has 1 fully saturated rings. The van der Waals surface area contributed by atoms with Gasteiger partial charge in [0.05, 0.1) is 12.0 Å². The summed E-state index contributed by atoms with van der Waals surface area (Å²) >= 11 is 0. The molecule has 2 amide bonds. The van der Waals surface area contributed by atoms with E-state index in [9.17, 15) is 22.8 Å². The first-order chi connectivity index (χ1) is 12.8. The Morgan fingerprint density at radius 3 is 2.33 bits per heavy atom. The Balaban J connectivity index is 1.48. The predicted octanol–water partition coefficient (Wildman–Crippen LogP) is 3.00. The molecule has 0 radical (unpaired) electrons. The van der Waals surface area contributed by atoms with Crippen LogP contribution in [0.5, 0.6) is 0 Å². The Morgan fingerprint density at radius 2 is 1.78 bits per heavy atom. The van der Waals surface area contributed by atoms with Gasteiger partial charge in [0, 0.05) is 25.3 Å². The first-order valence-corrected chi connectivity index (χ1v) is 8.71. The van der Waals surface area contributed by atoms with Crippen LogP contribution in [0, 0.1) is 0 Å². The Morgan fingerprint density at radius 1 is 1.11 bits per heavy atom. The van der Waals surface area contributed by atoms with E-state index in [1.54, 1.807) is 23.2 Å². The van der Waals surface area contributed by atoms with Crippen molar-refractivity contribution in [3.63, 3.8) is 0 Å². The highest BCUT2D eigenvalue weighted by molar-refractivity contribution is 5.92. The maximum absolute atomic E-state index is 12.6. The van der Waals surface area contributed by atoms with Gasteiger partial charge in [-0.3, -0.25) is 9.59 Å². The zero-order valence-electron chi connectivity index (χ0n) is 14.6. The fourth-order valence-corrected chi connectivity index (χ4v) is 3.11. The Hall–Kier alpha value is -2.77. The number of likely N-dealkylation sites (tertiary alicyclic amines) is 1. The third kappa shape index (κ3) is 4.90. The van der Waals surface area contributed by atoms with E-state index in [1.807, 2.05) is 0 Å². The van der Waals surface area contributed by atoms with Crippen molar-refractivity contribution in [2.45, 2.75) is 31.5 Å². The predicted molar refractivity (Wildman–Crippen MR) is 93.0 cm³/mol. The second-order valence-corrected chi connectivity index (χ2v) is 6.58. The Bertz CT molecular complexity index is 778. The minimum absolute atomic E-state index is 0.00378. The van der Waals surface area contributed by atoms with Crippen LogP contribution in [0.2, 0.25) is 0 Å². The fourth-order valence-electron chi connectivity index (χ4n) is 3.11. The maximum atomic E-state index is 12.6. The zero-order chi connectivity index (χ0) is 19.4. The quantitative estimate of drug-likeness (QED) is 0.858. The lowest BCUT2D eigenvalue weighted by molar-refractivity contribution is -0.137. The van der Waals surface area contributed by atoms with Gasteiger partial charge in [0.25, 0.3) is 5.91 Å². The van der Waals surface area contributed by atoms with E-state index in [1.165, 1.54) is 12.1 Å². The van der Waals surface area contributed by atoms with Crippen molar-refractivity contribution in [2.24, 2.45) is 0 Å². The van der Waals surface area contributed by atoms with Gasteiger partial charge in [-0.1, -0.05) is 12.1 Å². The van der Waals surface area contributed by atoms with Gasteiger partial charge >= 0.3 is 6.18 Å². The first-order valence-electron chi connectivity index (χ1n) is 8.71. The van der Waals surface area contributed by atoms with E-state index in [4.69, 9.17) is 0 Å². The van der Waals surface area contributed by atoms with E-state index < -0.39 is 11.7 Å². The highest BCUT2D eigenvalue weighted by Gasteiger charge is 2.30. The molecule has 2 N–H and O–H groups in total. The van der Waals surface area contributed by atoms with Gasteiger partial charge in [0.2, 0.25) is 5.91 Å². The number of piperidine rings is 1. The topological polar surface area (TPSA) is 65.2 Å². The van der Waals surface area contributed by atoms with Gasteiger partial charge in [-0.15, -0.1) is 0 Å². The summed E-state index contributed by atoms with van der Waals surface area (Å²) in [6.07, 6.45) is -1.35. The molecule has 144 valence electrons. The number of carbonyl (C=O) groups excluding carboxylic acids is 2. The van der Waals surface area contributed by atoms with E-state index in [2.05, 4.69) is 10.3 Å². The molecule has 5 nitrogen and oxygen atoms in total. The minimum Gasteiger partial charge on any atom is -0.357 e. The number of carbonyl (C=O) groups is 2. The molecule has 27 heavy (non-hydrogen) atoms. The molecule has 8 heteroatoms. The van der Waals surface area contributed by atoms with E-state index in [0.717, 1.165) is 12.1 Å². The van der Waals surface area contributed by atoms with Crippen molar-refractivity contribution in [2.75, 3.05) is 13.1 Å². The third-order valence-corrected chi connectivity index (χ3v) is 4.66. The average molecular weight is 379 g/mol. The molecule has 0 atom stereocenters. The van der Waals surface area contributed by atoms with Crippen molar-refractivity contribution in [3.8, 4) is 0 Å². The van der Waals surface area contributed by atoms with Crippen LogP contribution in [0.15, 0.2) is 42.6 Å². The van der Waals surface area contributed by atoms with Crippen molar-refractivity contribution >= 4 is 11.8 Å². The number of aromatic nitrogens is 1. The van der Waals surface area contributed by atoms with Crippen molar-refractivity contribution in [1.82, 2.24) is 15.2 Å². The van der Waals surface area contributed by atoms with Crippen LogP contribution in [-0.2, 0) is 17.4 Å². The number of hydrogen-bond donors (Lipinski definition) is 2. The molecular weight excluding hydrogens is 359 g/mol. The summed E-state index contributed by atoms with van der Waals surface area (Å²) in [6.45, 7) is 1.02. The SMILES string of the molecule is O=C(NC1CCN(C(=O)Cc2ccc(C(F)(F)F)cc2)CC1)c1ccc[nH]1. The molecule has 1 aliphatic heterocycles. The van der Waals surface area contributed by atoms with E-state index in [0.29, 0.717) is 37.2 Å². The second kappa shape index (κ2) is 7.85. The summed E-state index contributed by atoms with van der Waals surface area (Å²) in [7, 11) is 0. The number of nitrogens with one attached hydrogen (secondary N) is 2. The summed E-state index contributed by atoms with van der Waals surface area (Å²) in [4.78, 5) is 28.9. The van der Waals surface area contributed by atoms with Crippen molar-refractivity contribution in [1.29, 1.82) is 0 Å². The van der Waals surface area contributed by atoms with Crippen LogP contribution < -0.4 is 5.32 Å². The molecule has 0 aliphatic carbocycles. The Labute approximate surface area is 154 Å². The molecule has 3 rings (SSSR count). The lowest BCUT2D eigenvalue weighted by atomic mass is 10.0. The second-order valence-electron chi connectivity index (χ2n) is 6.58. The summed E-state index contributed by atoms with van der Waals surface area (Å²) in [5, 5.41) is 2.94. The number of alkyl halides is 3. The summed E-state index contributed by atoms with van der Waals surface area (Å²) in [6, 6.07) is 8.09. The third-order valence-electron chi connectivity index (χ3n) is 4.66. The summed E-state index contributed by atoms with van der Waals surface area (Å²) < 4.78 is 37.7. The molecule has 0 saturated carbocycles. The van der Waals surface area contributed by atoms with Gasteiger partial charge in [0.15, 0.2) is 0 Å². The monoisotopic (exact) mass is 379 g/mol. The van der Waals surface area contributed by atoms with Gasteiger partial charge in [0.1, 0.15) is 5.69 Å². The van der Waals surface area contributed by atoms with Crippen LogP contribution in [0.3, 0.4) is 0 Å². The summed E-state index contributed by atoms with van der Waals surface area (Å²) in [5.74, 6) is -0.293. The molecule has 1 saturated heterocycles. The number of amides is 2. The molecule has 0 bridgehead atoms. The zero-order valence-corrected chi connectivity index (χ0v) is 14.6. The molecule has 1 aromatic carbocycles. The Kier molecular flexibility index (Phi) is 5.53. The van der Waals surface area contributed by atoms with Crippen LogP contribution >= 0.6 is 0 Å². The minimum atomic E-state index is -4.38. The molecule has 0 unspecified atom stereocenters. The number of benzene rings is 1. The van der Waals surface area contributed by atoms with Crippen LogP contribution in [0.1, 0.15) is 34.5 Å². The first kappa shape index (κ1) is 19.0. The maximum Gasteiger partial charge on any atom is 0.416 e. The van der Waals surface area contributed by atoms with Crippen molar-refractivity contribution in [3.05, 3.63) is 59.4 Å². The largest absolute Gasteiger partial charge is 0.416 e. The summed E-state index contributed by atoms with van der Waals surface area (Å²) in [5.41, 5.74) is 0.323. The number of halogens is 3. The number of H-pyrrole nitrogens is 1. The average Bonchev–Trinajstić information content (AvgIpc) is 3.17. The number of hydrogen-bond acceptors (Lipinski definition) is 2. The molecule has 0 spiro atoms.